The third-order valence-corrected chi connectivity index (χ3v) is 7.64. The van der Waals surface area contributed by atoms with Gasteiger partial charge in [0.05, 0.1) is 23.0 Å². The number of nitriles is 1. The summed E-state index contributed by atoms with van der Waals surface area (Å²) < 4.78 is 4.99. The first-order valence-electron chi connectivity index (χ1n) is 11.8. The van der Waals surface area contributed by atoms with Gasteiger partial charge in [-0.1, -0.05) is 39.5 Å². The quantitative estimate of drug-likeness (QED) is 0.399. The number of nitrogens with zero attached hydrogens (tertiary/aromatic N) is 2. The highest BCUT2D eigenvalue weighted by molar-refractivity contribution is 8.00. The predicted molar refractivity (Wildman–Crippen MR) is 135 cm³/mol. The van der Waals surface area contributed by atoms with Crippen LogP contribution in [0.3, 0.4) is 0 Å². The third-order valence-electron chi connectivity index (χ3n) is 6.28. The van der Waals surface area contributed by atoms with Crippen LogP contribution in [-0.4, -0.2) is 28.7 Å². The maximum Gasteiger partial charge on any atom is 0.338 e. The molecule has 2 atom stereocenters. The monoisotopic (exact) mass is 479 g/mol. The van der Waals surface area contributed by atoms with Gasteiger partial charge in [0.25, 0.3) is 0 Å². The van der Waals surface area contributed by atoms with Crippen molar-refractivity contribution >= 4 is 29.3 Å². The lowest BCUT2D eigenvalue weighted by atomic mass is 9.71. The maximum absolute atomic E-state index is 13.0. The molecule has 1 aliphatic carbocycles. The Bertz CT molecular complexity index is 1080. The van der Waals surface area contributed by atoms with Crippen molar-refractivity contribution in [1.82, 2.24) is 4.98 Å². The van der Waals surface area contributed by atoms with Crippen molar-refractivity contribution in [2.75, 3.05) is 11.9 Å². The van der Waals surface area contributed by atoms with Crippen molar-refractivity contribution in [2.24, 2.45) is 11.3 Å². The van der Waals surface area contributed by atoms with Gasteiger partial charge in [0.2, 0.25) is 5.91 Å². The number of fused-ring (bicyclic) bond motifs is 1. The normalized spacial score (nSPS) is 16.2. The molecule has 2 unspecified atom stereocenters. The van der Waals surface area contributed by atoms with Crippen molar-refractivity contribution in [3.8, 4) is 6.07 Å². The molecule has 180 valence electrons. The number of carbonyl (C=O) groups is 2. The Hall–Kier alpha value is -2.85. The zero-order valence-electron chi connectivity index (χ0n) is 20.6. The Morgan fingerprint density at radius 1 is 1.26 bits per heavy atom. The molecule has 0 fully saturated rings. The molecule has 0 spiro atoms. The molecule has 0 saturated carbocycles. The Balaban J connectivity index is 1.73. The number of ether oxygens (including phenoxy) is 1. The summed E-state index contributed by atoms with van der Waals surface area (Å²) in [4.78, 5) is 29.6. The summed E-state index contributed by atoms with van der Waals surface area (Å²) in [5.41, 5.74) is 4.00. The van der Waals surface area contributed by atoms with Gasteiger partial charge in [-0.15, -0.1) is 0 Å². The van der Waals surface area contributed by atoms with Crippen LogP contribution in [0.15, 0.2) is 35.4 Å². The molecule has 1 amide bonds. The maximum atomic E-state index is 13.0. The molecule has 7 heteroatoms. The SMILES string of the molecule is CCOC(=O)c1ccc(NC(=O)C(CC)Sc2nc3c(cc2C#N)CC(C(C)(C)C)CC3)cc1. The molecule has 0 aliphatic heterocycles. The molecule has 34 heavy (non-hydrogen) atoms. The first-order chi connectivity index (χ1) is 16.2. The van der Waals surface area contributed by atoms with Gasteiger partial charge in [0, 0.05) is 11.4 Å². The number of anilines is 1. The van der Waals surface area contributed by atoms with E-state index in [0.717, 1.165) is 30.5 Å². The molecule has 2 aromatic rings. The Labute approximate surface area is 206 Å². The van der Waals surface area contributed by atoms with Crippen LogP contribution in [0.1, 0.15) is 74.6 Å². The number of hydrogen-bond donors (Lipinski definition) is 1. The van der Waals surface area contributed by atoms with Gasteiger partial charge < -0.3 is 10.1 Å². The van der Waals surface area contributed by atoms with Crippen molar-refractivity contribution in [2.45, 2.75) is 70.6 Å². The highest BCUT2D eigenvalue weighted by Gasteiger charge is 2.30. The van der Waals surface area contributed by atoms with Gasteiger partial charge >= 0.3 is 5.97 Å². The molecular formula is C27H33N3O3S. The smallest absolute Gasteiger partial charge is 0.338 e. The molecule has 3 rings (SSSR count). The summed E-state index contributed by atoms with van der Waals surface area (Å²) in [5.74, 6) is 0.0162. The highest BCUT2D eigenvalue weighted by Crippen LogP contribution is 2.38. The Morgan fingerprint density at radius 3 is 2.56 bits per heavy atom. The number of rotatable bonds is 7. The number of nitrogens with one attached hydrogen (secondary N) is 1. The number of esters is 1. The largest absolute Gasteiger partial charge is 0.462 e. The van der Waals surface area contributed by atoms with Crippen LogP contribution in [0.5, 0.6) is 0 Å². The number of aryl methyl sites for hydroxylation is 1. The summed E-state index contributed by atoms with van der Waals surface area (Å²) in [5, 5.41) is 12.9. The van der Waals surface area contributed by atoms with E-state index in [9.17, 15) is 14.9 Å². The third kappa shape index (κ3) is 6.18. The average molecular weight is 480 g/mol. The zero-order valence-corrected chi connectivity index (χ0v) is 21.4. The Kier molecular flexibility index (Phi) is 8.37. The second-order valence-electron chi connectivity index (χ2n) is 9.67. The van der Waals surface area contributed by atoms with E-state index in [2.05, 4.69) is 32.2 Å². The minimum absolute atomic E-state index is 0.160. The summed E-state index contributed by atoms with van der Waals surface area (Å²) in [6, 6.07) is 10.9. The fraction of sp³-hybridized carbons (Fsp3) is 0.481. The van der Waals surface area contributed by atoms with Crippen LogP contribution in [0, 0.1) is 22.7 Å². The van der Waals surface area contributed by atoms with Crippen LogP contribution in [0.25, 0.3) is 0 Å². The van der Waals surface area contributed by atoms with Crippen molar-refractivity contribution in [3.63, 3.8) is 0 Å². The van der Waals surface area contributed by atoms with Gasteiger partial charge in [-0.05, 0) is 79.8 Å². The van der Waals surface area contributed by atoms with Gasteiger partial charge in [-0.25, -0.2) is 9.78 Å². The van der Waals surface area contributed by atoms with Crippen LogP contribution in [0.4, 0.5) is 5.69 Å². The first kappa shape index (κ1) is 25.8. The minimum atomic E-state index is -0.395. The summed E-state index contributed by atoms with van der Waals surface area (Å²) in [6.45, 7) is 10.8. The zero-order chi connectivity index (χ0) is 24.9. The molecule has 1 aromatic heterocycles. The fourth-order valence-electron chi connectivity index (χ4n) is 4.14. The van der Waals surface area contributed by atoms with E-state index in [4.69, 9.17) is 9.72 Å². The second kappa shape index (κ2) is 11.1. The van der Waals surface area contributed by atoms with Crippen molar-refractivity contribution < 1.29 is 14.3 Å². The van der Waals surface area contributed by atoms with Gasteiger partial charge in [-0.2, -0.15) is 5.26 Å². The van der Waals surface area contributed by atoms with E-state index in [1.807, 2.05) is 13.0 Å². The van der Waals surface area contributed by atoms with Crippen LogP contribution in [-0.2, 0) is 22.4 Å². The summed E-state index contributed by atoms with van der Waals surface area (Å²) in [7, 11) is 0. The lowest BCUT2D eigenvalue weighted by Gasteiger charge is -2.34. The van der Waals surface area contributed by atoms with Crippen LogP contribution < -0.4 is 5.32 Å². The number of aromatic nitrogens is 1. The number of hydrogen-bond acceptors (Lipinski definition) is 6. The van der Waals surface area contributed by atoms with E-state index in [1.165, 1.54) is 11.8 Å². The molecule has 0 saturated heterocycles. The van der Waals surface area contributed by atoms with Crippen LogP contribution in [0.2, 0.25) is 0 Å². The number of carbonyl (C=O) groups excluding carboxylic acids is 2. The number of thioether (sulfide) groups is 1. The fourth-order valence-corrected chi connectivity index (χ4v) is 5.14. The molecule has 0 bridgehead atoms. The van der Waals surface area contributed by atoms with E-state index >= 15 is 0 Å². The van der Waals surface area contributed by atoms with Gasteiger partial charge in [0.15, 0.2) is 0 Å². The molecule has 6 nitrogen and oxygen atoms in total. The highest BCUT2D eigenvalue weighted by atomic mass is 32.2. The number of amides is 1. The summed E-state index contributed by atoms with van der Waals surface area (Å²) in [6.07, 6.45) is 3.50. The Morgan fingerprint density at radius 2 is 1.97 bits per heavy atom. The second-order valence-corrected chi connectivity index (χ2v) is 10.9. The summed E-state index contributed by atoms with van der Waals surface area (Å²) >= 11 is 1.34. The molecule has 0 radical (unpaired) electrons. The van der Waals surface area contributed by atoms with E-state index < -0.39 is 11.2 Å². The van der Waals surface area contributed by atoms with E-state index in [1.54, 1.807) is 31.2 Å². The lowest BCUT2D eigenvalue weighted by molar-refractivity contribution is -0.115. The van der Waals surface area contributed by atoms with E-state index in [-0.39, 0.29) is 11.3 Å². The molecular weight excluding hydrogens is 446 g/mol. The number of pyridine rings is 1. The molecule has 1 aromatic carbocycles. The standard InChI is InChI=1S/C27H33N3O3S/c1-6-23(24(31)29-21-11-8-17(9-12-21)26(32)33-7-2)34-25-19(16-28)14-18-15-20(27(3,4)5)10-13-22(18)30-25/h8-9,11-12,14,20,23H,6-7,10,13,15H2,1-5H3,(H,29,31). The molecule has 1 aliphatic rings. The topological polar surface area (TPSA) is 92.1 Å². The predicted octanol–water partition coefficient (Wildman–Crippen LogP) is 5.79. The lowest BCUT2D eigenvalue weighted by Crippen LogP contribution is -2.28. The van der Waals surface area contributed by atoms with Crippen molar-refractivity contribution in [3.05, 3.63) is 52.7 Å². The van der Waals surface area contributed by atoms with Crippen molar-refractivity contribution in [1.29, 1.82) is 5.26 Å². The molecule has 1 N–H and O–H groups in total. The van der Waals surface area contributed by atoms with Crippen LogP contribution >= 0.6 is 11.8 Å². The van der Waals surface area contributed by atoms with E-state index in [0.29, 0.717) is 40.8 Å². The minimum Gasteiger partial charge on any atom is -0.462 e. The molecule has 1 heterocycles. The number of benzene rings is 1. The van der Waals surface area contributed by atoms with Gasteiger partial charge in [-0.3, -0.25) is 4.79 Å². The average Bonchev–Trinajstić information content (AvgIpc) is 2.81. The first-order valence-corrected chi connectivity index (χ1v) is 12.7. The van der Waals surface area contributed by atoms with Gasteiger partial charge in [0.1, 0.15) is 11.1 Å².